The molecular formula is C30H23Cl2F3N2O3. The number of carboxylic acid groups (broad SMARTS) is 1. The van der Waals surface area contributed by atoms with E-state index in [4.69, 9.17) is 28.3 Å². The Kier molecular flexibility index (Phi) is 9.12. The highest BCUT2D eigenvalue weighted by atomic mass is 35.5. The van der Waals surface area contributed by atoms with Crippen LogP contribution in [-0.2, 0) is 17.5 Å². The summed E-state index contributed by atoms with van der Waals surface area (Å²) in [6.45, 7) is 0.170. The van der Waals surface area contributed by atoms with Crippen LogP contribution < -0.4 is 5.32 Å². The van der Waals surface area contributed by atoms with Gasteiger partial charge in [-0.2, -0.15) is 13.2 Å². The molecule has 4 aromatic rings. The van der Waals surface area contributed by atoms with Gasteiger partial charge in [0.25, 0.3) is 0 Å². The van der Waals surface area contributed by atoms with Crippen LogP contribution in [0.1, 0.15) is 40.9 Å². The molecule has 0 atom stereocenters. The first-order valence-electron chi connectivity index (χ1n) is 12.2. The molecule has 40 heavy (non-hydrogen) atoms. The smallest absolute Gasteiger partial charge is 0.417 e. The zero-order valence-corrected chi connectivity index (χ0v) is 22.4. The van der Waals surface area contributed by atoms with E-state index in [2.05, 4.69) is 10.3 Å². The fourth-order valence-corrected chi connectivity index (χ4v) is 4.53. The van der Waals surface area contributed by atoms with Crippen molar-refractivity contribution < 1.29 is 27.9 Å². The third-order valence-corrected chi connectivity index (χ3v) is 6.76. The number of aliphatic carboxylic acids is 1. The van der Waals surface area contributed by atoms with Gasteiger partial charge in [-0.15, -0.1) is 0 Å². The third-order valence-electron chi connectivity index (χ3n) is 6.20. The quantitative estimate of drug-likeness (QED) is 0.181. The molecule has 0 aliphatic heterocycles. The lowest BCUT2D eigenvalue weighted by molar-refractivity contribution is -0.138. The lowest BCUT2D eigenvalue weighted by Crippen LogP contribution is -2.09. The highest BCUT2D eigenvalue weighted by Crippen LogP contribution is 2.39. The minimum Gasteiger partial charge on any atom is -0.481 e. The Morgan fingerprint density at radius 3 is 2.05 bits per heavy atom. The first-order valence-corrected chi connectivity index (χ1v) is 13.0. The molecular weight excluding hydrogens is 564 g/mol. The van der Waals surface area contributed by atoms with Crippen LogP contribution in [0.15, 0.2) is 79.0 Å². The lowest BCUT2D eigenvalue weighted by atomic mass is 9.97. The third kappa shape index (κ3) is 7.40. The van der Waals surface area contributed by atoms with Crippen LogP contribution >= 0.6 is 23.2 Å². The minimum atomic E-state index is -4.66. The molecule has 206 valence electrons. The fraction of sp³-hybridized carbons (Fsp3) is 0.167. The highest BCUT2D eigenvalue weighted by molar-refractivity contribution is 6.31. The van der Waals surface area contributed by atoms with Gasteiger partial charge in [0, 0.05) is 41.9 Å². The second kappa shape index (κ2) is 12.5. The van der Waals surface area contributed by atoms with E-state index >= 15 is 0 Å². The number of alkyl halides is 3. The number of pyridine rings is 1. The number of anilines is 1. The maximum Gasteiger partial charge on any atom is 0.417 e. The van der Waals surface area contributed by atoms with Gasteiger partial charge in [0.15, 0.2) is 5.78 Å². The second-order valence-electron chi connectivity index (χ2n) is 9.03. The van der Waals surface area contributed by atoms with Gasteiger partial charge < -0.3 is 10.4 Å². The minimum absolute atomic E-state index is 0.00376. The van der Waals surface area contributed by atoms with Crippen molar-refractivity contribution in [3.63, 3.8) is 0 Å². The molecule has 0 bridgehead atoms. The molecule has 3 aromatic carbocycles. The second-order valence-corrected chi connectivity index (χ2v) is 9.87. The van der Waals surface area contributed by atoms with Crippen molar-refractivity contribution in [2.45, 2.75) is 32.0 Å². The molecule has 1 aromatic heterocycles. The Morgan fingerprint density at radius 2 is 1.48 bits per heavy atom. The van der Waals surface area contributed by atoms with Crippen LogP contribution in [0.25, 0.3) is 22.3 Å². The van der Waals surface area contributed by atoms with Gasteiger partial charge in [-0.25, -0.2) is 0 Å². The van der Waals surface area contributed by atoms with E-state index in [0.29, 0.717) is 16.1 Å². The van der Waals surface area contributed by atoms with Gasteiger partial charge in [-0.3, -0.25) is 14.6 Å². The molecule has 10 heteroatoms. The standard InChI is InChI=1S/C30H23Cl2F3N2O3/c31-22-9-4-18(5-10-22)19-6-11-23(12-7-19)36-17-21-14-26(32)25(30(33,34)35)15-24(21)20-8-13-27(37-16-20)28(38)2-1-3-29(39)40/h4-16,36H,1-3,17H2,(H,39,40). The van der Waals surface area contributed by atoms with Gasteiger partial charge in [0.05, 0.1) is 10.6 Å². The Hall–Kier alpha value is -3.88. The molecule has 0 saturated heterocycles. The molecule has 0 radical (unpaired) electrons. The molecule has 1 heterocycles. The summed E-state index contributed by atoms with van der Waals surface area (Å²) in [6.07, 6.45) is -3.31. The summed E-state index contributed by atoms with van der Waals surface area (Å²) in [5.41, 5.74) is 2.99. The van der Waals surface area contributed by atoms with Crippen LogP contribution in [0.5, 0.6) is 0 Å². The van der Waals surface area contributed by atoms with E-state index in [0.717, 1.165) is 22.9 Å². The maximum absolute atomic E-state index is 13.7. The number of nitrogens with one attached hydrogen (secondary N) is 1. The van der Waals surface area contributed by atoms with Crippen LogP contribution in [0, 0.1) is 0 Å². The SMILES string of the molecule is O=C(O)CCCC(=O)c1ccc(-c2cc(C(F)(F)F)c(Cl)cc2CNc2ccc(-c3ccc(Cl)cc3)cc2)cn1. The van der Waals surface area contributed by atoms with Gasteiger partial charge in [-0.05, 0) is 71.1 Å². The summed E-state index contributed by atoms with van der Waals surface area (Å²) >= 11 is 12.0. The maximum atomic E-state index is 13.7. The fourth-order valence-electron chi connectivity index (χ4n) is 4.11. The molecule has 0 aliphatic rings. The summed E-state index contributed by atoms with van der Waals surface area (Å²) in [4.78, 5) is 27.1. The summed E-state index contributed by atoms with van der Waals surface area (Å²) in [5.74, 6) is -1.35. The van der Waals surface area contributed by atoms with E-state index < -0.39 is 22.7 Å². The number of carbonyl (C=O) groups is 2. The average molecular weight is 587 g/mol. The number of ketones is 1. The van der Waals surface area contributed by atoms with Gasteiger partial charge >= 0.3 is 12.1 Å². The number of rotatable bonds is 10. The number of hydrogen-bond acceptors (Lipinski definition) is 4. The summed E-state index contributed by atoms with van der Waals surface area (Å²) in [5, 5.41) is 12.2. The number of aromatic nitrogens is 1. The number of nitrogens with zero attached hydrogens (tertiary/aromatic N) is 1. The molecule has 5 nitrogen and oxygen atoms in total. The molecule has 0 spiro atoms. The van der Waals surface area contributed by atoms with E-state index in [9.17, 15) is 22.8 Å². The Labute approximate surface area is 238 Å². The highest BCUT2D eigenvalue weighted by Gasteiger charge is 2.34. The Balaban J connectivity index is 1.57. The predicted octanol–water partition coefficient (Wildman–Crippen LogP) is 8.79. The lowest BCUT2D eigenvalue weighted by Gasteiger charge is -2.17. The average Bonchev–Trinajstić information content (AvgIpc) is 2.92. The zero-order valence-electron chi connectivity index (χ0n) is 20.9. The zero-order chi connectivity index (χ0) is 28.9. The molecule has 0 unspecified atom stereocenters. The van der Waals surface area contributed by atoms with Crippen LogP contribution in [-0.4, -0.2) is 21.8 Å². The van der Waals surface area contributed by atoms with Gasteiger partial charge in [0.2, 0.25) is 0 Å². The Morgan fingerprint density at radius 1 is 0.850 bits per heavy atom. The van der Waals surface area contributed by atoms with E-state index in [1.807, 2.05) is 36.4 Å². The normalized spacial score (nSPS) is 11.3. The Bertz CT molecular complexity index is 1510. The van der Waals surface area contributed by atoms with E-state index in [1.165, 1.54) is 24.4 Å². The van der Waals surface area contributed by atoms with Crippen molar-refractivity contribution in [1.82, 2.24) is 4.98 Å². The first kappa shape index (κ1) is 29.1. The molecule has 0 saturated carbocycles. The van der Waals surface area contributed by atoms with E-state index in [1.54, 1.807) is 12.1 Å². The van der Waals surface area contributed by atoms with Crippen LogP contribution in [0.3, 0.4) is 0 Å². The van der Waals surface area contributed by atoms with Gasteiger partial charge in [0.1, 0.15) is 5.69 Å². The van der Waals surface area contributed by atoms with Crippen molar-refractivity contribution in [3.8, 4) is 22.3 Å². The topological polar surface area (TPSA) is 79.3 Å². The monoisotopic (exact) mass is 586 g/mol. The van der Waals surface area contributed by atoms with Crippen LogP contribution in [0.4, 0.5) is 18.9 Å². The van der Waals surface area contributed by atoms with Crippen LogP contribution in [0.2, 0.25) is 10.0 Å². The van der Waals surface area contributed by atoms with Crippen molar-refractivity contribution in [2.75, 3.05) is 5.32 Å². The number of Topliss-reactive ketones (excluding diaryl/α,β-unsaturated/α-hetero) is 1. The molecule has 0 aliphatic carbocycles. The number of benzene rings is 3. The van der Waals surface area contributed by atoms with Crippen molar-refractivity contribution in [2.24, 2.45) is 0 Å². The number of hydrogen-bond donors (Lipinski definition) is 2. The number of halogens is 5. The van der Waals surface area contributed by atoms with Crippen molar-refractivity contribution in [3.05, 3.63) is 106 Å². The molecule has 2 N–H and O–H groups in total. The summed E-state index contributed by atoms with van der Waals surface area (Å²) < 4.78 is 41.0. The largest absolute Gasteiger partial charge is 0.481 e. The number of carbonyl (C=O) groups excluding carboxylic acids is 1. The molecule has 0 fully saturated rings. The van der Waals surface area contributed by atoms with Crippen molar-refractivity contribution >= 4 is 40.6 Å². The predicted molar refractivity (Wildman–Crippen MR) is 150 cm³/mol. The summed E-state index contributed by atoms with van der Waals surface area (Å²) in [6, 6.07) is 20.2. The number of carboxylic acids is 1. The van der Waals surface area contributed by atoms with Gasteiger partial charge in [-0.1, -0.05) is 53.5 Å². The molecule has 4 rings (SSSR count). The summed E-state index contributed by atoms with van der Waals surface area (Å²) in [7, 11) is 0. The first-order chi connectivity index (χ1) is 19.0. The van der Waals surface area contributed by atoms with Crippen molar-refractivity contribution in [1.29, 1.82) is 0 Å². The molecule has 0 amide bonds. The van der Waals surface area contributed by atoms with E-state index in [-0.39, 0.29) is 42.8 Å².